The topological polar surface area (TPSA) is 38.0 Å². The second-order valence-electron chi connectivity index (χ2n) is 4.28. The summed E-state index contributed by atoms with van der Waals surface area (Å²) in [6.07, 6.45) is 0.220. The van der Waals surface area contributed by atoms with Gasteiger partial charge in [0.15, 0.2) is 0 Å². The number of hydrogen-bond acceptors (Lipinski definition) is 2. The Hall–Kier alpha value is -1.01. The molecule has 2 aromatic carbocycles. The Morgan fingerprint density at radius 1 is 1.20 bits per heavy atom. The van der Waals surface area contributed by atoms with E-state index < -0.39 is 11.9 Å². The maximum Gasteiger partial charge on any atom is 0.147 e. The number of rotatable bonds is 4. The Kier molecular flexibility index (Phi) is 5.10. The molecule has 0 fully saturated rings. The minimum Gasteiger partial charge on any atom is -0.271 e. The highest BCUT2D eigenvalue weighted by atomic mass is 79.9. The van der Waals surface area contributed by atoms with Gasteiger partial charge in [-0.25, -0.2) is 8.78 Å². The summed E-state index contributed by atoms with van der Waals surface area (Å²) in [6.45, 7) is 0. The van der Waals surface area contributed by atoms with Gasteiger partial charge in [0.05, 0.1) is 11.1 Å². The van der Waals surface area contributed by atoms with Gasteiger partial charge in [-0.1, -0.05) is 35.9 Å². The molecule has 3 N–H and O–H groups in total. The first kappa shape index (κ1) is 15.4. The molecule has 0 heterocycles. The molecule has 0 saturated carbocycles. The average Bonchev–Trinajstić information content (AvgIpc) is 2.45. The van der Waals surface area contributed by atoms with E-state index in [0.717, 1.165) is 0 Å². The van der Waals surface area contributed by atoms with Gasteiger partial charge in [0.2, 0.25) is 0 Å². The van der Waals surface area contributed by atoms with Crippen molar-refractivity contribution in [3.63, 3.8) is 0 Å². The second kappa shape index (κ2) is 6.63. The molecule has 0 aliphatic heterocycles. The lowest BCUT2D eigenvalue weighted by atomic mass is 9.98. The van der Waals surface area contributed by atoms with Crippen LogP contribution in [0, 0.1) is 11.6 Å². The van der Waals surface area contributed by atoms with E-state index in [9.17, 15) is 8.78 Å². The summed E-state index contributed by atoms with van der Waals surface area (Å²) in [7, 11) is 0. The summed E-state index contributed by atoms with van der Waals surface area (Å²) >= 11 is 9.00. The molecule has 1 atom stereocenters. The summed E-state index contributed by atoms with van der Waals surface area (Å²) in [6, 6.07) is 8.93. The largest absolute Gasteiger partial charge is 0.271 e. The van der Waals surface area contributed by atoms with E-state index >= 15 is 0 Å². The maximum atomic E-state index is 14.2. The molecular weight excluding hydrogens is 350 g/mol. The van der Waals surface area contributed by atoms with Gasteiger partial charge in [0.1, 0.15) is 11.6 Å². The standard InChI is InChI=1S/C14H12BrClF2N2/c15-10-6-5-9(14(18)13(10)16)12(20-19)7-8-3-1-2-4-11(8)17/h1-6,12,20H,7,19H2. The third kappa shape index (κ3) is 3.17. The van der Waals surface area contributed by atoms with Crippen molar-refractivity contribution in [1.82, 2.24) is 5.43 Å². The summed E-state index contributed by atoms with van der Waals surface area (Å²) < 4.78 is 28.3. The normalized spacial score (nSPS) is 12.4. The van der Waals surface area contributed by atoms with E-state index in [1.165, 1.54) is 6.07 Å². The van der Waals surface area contributed by atoms with Gasteiger partial charge in [0.25, 0.3) is 0 Å². The van der Waals surface area contributed by atoms with Crippen LogP contribution in [0.1, 0.15) is 17.2 Å². The van der Waals surface area contributed by atoms with E-state index in [4.69, 9.17) is 17.4 Å². The van der Waals surface area contributed by atoms with Crippen molar-refractivity contribution >= 4 is 27.5 Å². The van der Waals surface area contributed by atoms with Crippen LogP contribution < -0.4 is 11.3 Å². The predicted octanol–water partition coefficient (Wildman–Crippen LogP) is 4.13. The molecule has 6 heteroatoms. The van der Waals surface area contributed by atoms with Crippen LogP contribution in [0.15, 0.2) is 40.9 Å². The zero-order valence-electron chi connectivity index (χ0n) is 10.3. The summed E-state index contributed by atoms with van der Waals surface area (Å²) in [4.78, 5) is 0. The van der Waals surface area contributed by atoms with E-state index in [1.54, 1.807) is 30.3 Å². The summed E-state index contributed by atoms with van der Waals surface area (Å²) in [5.74, 6) is 4.55. The summed E-state index contributed by atoms with van der Waals surface area (Å²) in [5, 5.41) is -0.0173. The van der Waals surface area contributed by atoms with Crippen molar-refractivity contribution < 1.29 is 8.78 Å². The summed E-state index contributed by atoms with van der Waals surface area (Å²) in [5.41, 5.74) is 3.25. The smallest absolute Gasteiger partial charge is 0.147 e. The molecule has 0 spiro atoms. The molecule has 106 valence electrons. The van der Waals surface area contributed by atoms with E-state index in [-0.39, 0.29) is 17.3 Å². The van der Waals surface area contributed by atoms with Crippen LogP contribution in [0.2, 0.25) is 5.02 Å². The van der Waals surface area contributed by atoms with Crippen molar-refractivity contribution in [1.29, 1.82) is 0 Å². The number of halogens is 4. The van der Waals surface area contributed by atoms with Gasteiger partial charge in [-0.15, -0.1) is 0 Å². The fourth-order valence-corrected chi connectivity index (χ4v) is 2.43. The SMILES string of the molecule is NNC(Cc1ccccc1F)c1ccc(Br)c(Cl)c1F. The average molecular weight is 362 g/mol. The molecule has 0 aliphatic carbocycles. The first-order valence-electron chi connectivity index (χ1n) is 5.87. The lowest BCUT2D eigenvalue weighted by molar-refractivity contribution is 0.498. The number of hydrazine groups is 1. The first-order valence-corrected chi connectivity index (χ1v) is 7.04. The maximum absolute atomic E-state index is 14.2. The van der Waals surface area contributed by atoms with Crippen LogP contribution in [-0.4, -0.2) is 0 Å². The monoisotopic (exact) mass is 360 g/mol. The highest BCUT2D eigenvalue weighted by Gasteiger charge is 2.19. The van der Waals surface area contributed by atoms with E-state index in [1.807, 2.05) is 0 Å². The zero-order valence-corrected chi connectivity index (χ0v) is 12.7. The molecule has 0 aliphatic rings. The minimum absolute atomic E-state index is 0.0173. The number of nitrogens with one attached hydrogen (secondary N) is 1. The van der Waals surface area contributed by atoms with Gasteiger partial charge in [0, 0.05) is 10.0 Å². The Morgan fingerprint density at radius 3 is 2.55 bits per heavy atom. The molecule has 0 amide bonds. The number of nitrogens with two attached hydrogens (primary N) is 1. The lowest BCUT2D eigenvalue weighted by Crippen LogP contribution is -2.30. The molecule has 2 aromatic rings. The third-order valence-electron chi connectivity index (χ3n) is 3.02. The van der Waals surface area contributed by atoms with Crippen LogP contribution in [0.5, 0.6) is 0 Å². The Morgan fingerprint density at radius 2 is 1.90 bits per heavy atom. The molecule has 0 radical (unpaired) electrons. The van der Waals surface area contributed by atoms with E-state index in [2.05, 4.69) is 21.4 Å². The third-order valence-corrected chi connectivity index (χ3v) is 4.28. The highest BCUT2D eigenvalue weighted by Crippen LogP contribution is 2.31. The fraction of sp³-hybridized carbons (Fsp3) is 0.143. The van der Waals surface area contributed by atoms with Gasteiger partial charge in [-0.05, 0) is 40.0 Å². The molecule has 20 heavy (non-hydrogen) atoms. The molecule has 0 saturated heterocycles. The van der Waals surface area contributed by atoms with Crippen molar-refractivity contribution in [3.05, 3.63) is 68.7 Å². The second-order valence-corrected chi connectivity index (χ2v) is 5.51. The lowest BCUT2D eigenvalue weighted by Gasteiger charge is -2.18. The number of benzene rings is 2. The highest BCUT2D eigenvalue weighted by molar-refractivity contribution is 9.10. The Bertz CT molecular complexity index is 622. The van der Waals surface area contributed by atoms with Crippen molar-refractivity contribution in [2.24, 2.45) is 5.84 Å². The Labute approximate surface area is 129 Å². The molecule has 1 unspecified atom stereocenters. The molecule has 2 nitrogen and oxygen atoms in total. The number of hydrogen-bond donors (Lipinski definition) is 2. The van der Waals surface area contributed by atoms with Crippen LogP contribution in [-0.2, 0) is 6.42 Å². The molecular formula is C14H12BrClF2N2. The van der Waals surface area contributed by atoms with Gasteiger partial charge in [-0.2, -0.15) is 0 Å². The van der Waals surface area contributed by atoms with Crippen molar-refractivity contribution in [2.75, 3.05) is 0 Å². The first-order chi connectivity index (χ1) is 9.54. The van der Waals surface area contributed by atoms with Crippen molar-refractivity contribution in [2.45, 2.75) is 12.5 Å². The zero-order chi connectivity index (χ0) is 14.7. The van der Waals surface area contributed by atoms with E-state index in [0.29, 0.717) is 15.6 Å². The minimum atomic E-state index is -0.572. The van der Waals surface area contributed by atoms with Crippen molar-refractivity contribution in [3.8, 4) is 0 Å². The van der Waals surface area contributed by atoms with Crippen LogP contribution >= 0.6 is 27.5 Å². The van der Waals surface area contributed by atoms with Gasteiger partial charge < -0.3 is 0 Å². The predicted molar refractivity (Wildman–Crippen MR) is 79.3 cm³/mol. The molecule has 0 aromatic heterocycles. The quantitative estimate of drug-likeness (QED) is 0.488. The van der Waals surface area contributed by atoms with Crippen LogP contribution in [0.3, 0.4) is 0 Å². The van der Waals surface area contributed by atoms with Crippen LogP contribution in [0.25, 0.3) is 0 Å². The Balaban J connectivity index is 2.34. The fourth-order valence-electron chi connectivity index (χ4n) is 1.95. The molecule has 0 bridgehead atoms. The van der Waals surface area contributed by atoms with Gasteiger partial charge in [-0.3, -0.25) is 11.3 Å². The van der Waals surface area contributed by atoms with Gasteiger partial charge >= 0.3 is 0 Å². The molecule has 2 rings (SSSR count). The van der Waals surface area contributed by atoms with Crippen LogP contribution in [0.4, 0.5) is 8.78 Å².